The molecule has 3 rings (SSSR count). The van der Waals surface area contributed by atoms with Crippen molar-refractivity contribution in [2.45, 2.75) is 6.92 Å². The molecule has 4 nitrogen and oxygen atoms in total. The summed E-state index contributed by atoms with van der Waals surface area (Å²) in [5.74, 6) is 0.553. The maximum Gasteiger partial charge on any atom is 0.250 e. The molecule has 0 fully saturated rings. The van der Waals surface area contributed by atoms with Crippen molar-refractivity contribution in [2.24, 2.45) is 0 Å². The highest BCUT2D eigenvalue weighted by molar-refractivity contribution is 7.22. The zero-order valence-corrected chi connectivity index (χ0v) is 13.7. The van der Waals surface area contributed by atoms with Gasteiger partial charge in [0.25, 0.3) is 0 Å². The topological polar surface area (TPSA) is 51.2 Å². The molecule has 23 heavy (non-hydrogen) atoms. The maximum absolute atomic E-state index is 12.0. The number of methoxy groups -OCH3 is 1. The molecule has 0 spiro atoms. The van der Waals surface area contributed by atoms with Crippen molar-refractivity contribution in [1.29, 1.82) is 0 Å². The molecule has 0 unspecified atom stereocenters. The van der Waals surface area contributed by atoms with Crippen molar-refractivity contribution in [1.82, 2.24) is 4.98 Å². The Kier molecular flexibility index (Phi) is 4.39. The first-order valence-corrected chi connectivity index (χ1v) is 7.96. The number of rotatable bonds is 4. The first-order valence-electron chi connectivity index (χ1n) is 7.14. The minimum Gasteiger partial charge on any atom is -0.497 e. The first kappa shape index (κ1) is 15.2. The summed E-state index contributed by atoms with van der Waals surface area (Å²) in [6, 6.07) is 13.6. The number of aryl methyl sites for hydroxylation is 1. The molecule has 0 aliphatic rings. The third kappa shape index (κ3) is 3.76. The van der Waals surface area contributed by atoms with Crippen molar-refractivity contribution in [3.8, 4) is 5.75 Å². The molecule has 1 aromatic heterocycles. The lowest BCUT2D eigenvalue weighted by Crippen LogP contribution is -2.07. The molecule has 3 aromatic rings. The molecule has 0 bridgehead atoms. The van der Waals surface area contributed by atoms with Crippen molar-refractivity contribution in [3.05, 3.63) is 59.7 Å². The third-order valence-electron chi connectivity index (χ3n) is 3.30. The third-order valence-corrected chi connectivity index (χ3v) is 4.23. The summed E-state index contributed by atoms with van der Waals surface area (Å²) in [5.41, 5.74) is 2.98. The predicted molar refractivity (Wildman–Crippen MR) is 95.0 cm³/mol. The predicted octanol–water partition coefficient (Wildman–Crippen LogP) is 4.27. The molecule has 0 atom stereocenters. The van der Waals surface area contributed by atoms with Crippen molar-refractivity contribution >= 4 is 38.7 Å². The summed E-state index contributed by atoms with van der Waals surface area (Å²) in [5, 5.41) is 3.40. The van der Waals surface area contributed by atoms with E-state index in [0.717, 1.165) is 21.5 Å². The number of carbonyl (C=O) groups excluding carboxylic acids is 1. The number of hydrogen-bond acceptors (Lipinski definition) is 4. The molecule has 1 N–H and O–H groups in total. The van der Waals surface area contributed by atoms with E-state index in [0.29, 0.717) is 5.13 Å². The minimum atomic E-state index is -0.205. The molecule has 5 heteroatoms. The molecule has 2 aromatic carbocycles. The Morgan fingerprint density at radius 3 is 2.96 bits per heavy atom. The van der Waals surface area contributed by atoms with Crippen LogP contribution in [0.2, 0.25) is 0 Å². The summed E-state index contributed by atoms with van der Waals surface area (Å²) >= 11 is 1.47. The quantitative estimate of drug-likeness (QED) is 0.729. The van der Waals surface area contributed by atoms with Crippen LogP contribution >= 0.6 is 11.3 Å². The van der Waals surface area contributed by atoms with Crippen molar-refractivity contribution in [2.75, 3.05) is 12.4 Å². The summed E-state index contributed by atoms with van der Waals surface area (Å²) in [6.45, 7) is 2.04. The van der Waals surface area contributed by atoms with E-state index in [1.807, 2.05) is 43.3 Å². The summed E-state index contributed by atoms with van der Waals surface area (Å²) in [6.07, 6.45) is 3.24. The second-order valence-corrected chi connectivity index (χ2v) is 6.12. The van der Waals surface area contributed by atoms with Gasteiger partial charge in [0.2, 0.25) is 5.91 Å². The molecular weight excluding hydrogens is 308 g/mol. The second kappa shape index (κ2) is 6.62. The van der Waals surface area contributed by atoms with Gasteiger partial charge in [-0.3, -0.25) is 10.1 Å². The van der Waals surface area contributed by atoms with Gasteiger partial charge in [-0.15, -0.1) is 0 Å². The number of hydrogen-bond donors (Lipinski definition) is 1. The molecule has 1 amide bonds. The standard InChI is InChI=1S/C18H16N2O2S/c1-12-6-8-15-16(10-12)23-18(19-15)20-17(21)9-7-13-4-3-5-14(11-13)22-2/h3-11H,1-2H3,(H,19,20,21). The SMILES string of the molecule is COc1cccc(C=CC(=O)Nc2nc3ccc(C)cc3s2)c1. The highest BCUT2D eigenvalue weighted by Gasteiger charge is 2.06. The van der Waals surface area contributed by atoms with Gasteiger partial charge in [0.1, 0.15) is 5.75 Å². The summed E-state index contributed by atoms with van der Waals surface area (Å²) in [4.78, 5) is 16.4. The van der Waals surface area contributed by atoms with Gasteiger partial charge in [-0.25, -0.2) is 4.98 Å². The van der Waals surface area contributed by atoms with Gasteiger partial charge in [-0.05, 0) is 48.4 Å². The first-order chi connectivity index (χ1) is 11.1. The van der Waals surface area contributed by atoms with E-state index in [4.69, 9.17) is 4.74 Å². The van der Waals surface area contributed by atoms with Crippen LogP contribution < -0.4 is 10.1 Å². The van der Waals surface area contributed by atoms with Gasteiger partial charge in [0.05, 0.1) is 17.3 Å². The van der Waals surface area contributed by atoms with Crippen LogP contribution in [-0.2, 0) is 4.79 Å². The number of benzene rings is 2. The van der Waals surface area contributed by atoms with E-state index >= 15 is 0 Å². The average molecular weight is 324 g/mol. The number of nitrogens with one attached hydrogen (secondary N) is 1. The Balaban J connectivity index is 1.71. The fourth-order valence-electron chi connectivity index (χ4n) is 2.15. The molecular formula is C18H16N2O2S. The van der Waals surface area contributed by atoms with E-state index in [1.165, 1.54) is 23.0 Å². The highest BCUT2D eigenvalue weighted by atomic mass is 32.1. The van der Waals surface area contributed by atoms with Crippen LogP contribution in [0, 0.1) is 6.92 Å². The fourth-order valence-corrected chi connectivity index (χ4v) is 3.12. The number of nitrogens with zero attached hydrogens (tertiary/aromatic N) is 1. The Hall–Kier alpha value is -2.66. The number of anilines is 1. The highest BCUT2D eigenvalue weighted by Crippen LogP contribution is 2.26. The number of ether oxygens (including phenoxy) is 1. The van der Waals surface area contributed by atoms with Crippen LogP contribution in [0.15, 0.2) is 48.5 Å². The van der Waals surface area contributed by atoms with Crippen LogP contribution in [0.4, 0.5) is 5.13 Å². The number of carbonyl (C=O) groups is 1. The van der Waals surface area contributed by atoms with Gasteiger partial charge in [-0.1, -0.05) is 29.5 Å². The van der Waals surface area contributed by atoms with Gasteiger partial charge >= 0.3 is 0 Å². The Bertz CT molecular complexity index is 884. The normalized spacial score (nSPS) is 11.0. The molecule has 0 radical (unpaired) electrons. The summed E-state index contributed by atoms with van der Waals surface area (Å²) in [7, 11) is 1.62. The number of thiazole rings is 1. The van der Waals surface area contributed by atoms with Crippen molar-refractivity contribution in [3.63, 3.8) is 0 Å². The Morgan fingerprint density at radius 2 is 2.13 bits per heavy atom. The van der Waals surface area contributed by atoms with E-state index in [1.54, 1.807) is 13.2 Å². The van der Waals surface area contributed by atoms with E-state index in [-0.39, 0.29) is 5.91 Å². The lowest BCUT2D eigenvalue weighted by atomic mass is 10.2. The lowest BCUT2D eigenvalue weighted by Gasteiger charge is -2.00. The Morgan fingerprint density at radius 1 is 1.26 bits per heavy atom. The minimum absolute atomic E-state index is 0.205. The largest absolute Gasteiger partial charge is 0.497 e. The maximum atomic E-state index is 12.0. The zero-order chi connectivity index (χ0) is 16.2. The van der Waals surface area contributed by atoms with Gasteiger partial charge < -0.3 is 4.74 Å². The molecule has 0 aliphatic carbocycles. The fraction of sp³-hybridized carbons (Fsp3) is 0.111. The smallest absolute Gasteiger partial charge is 0.250 e. The molecule has 0 saturated carbocycles. The molecule has 0 aliphatic heterocycles. The number of fused-ring (bicyclic) bond motifs is 1. The lowest BCUT2D eigenvalue weighted by molar-refractivity contribution is -0.111. The molecule has 0 saturated heterocycles. The number of amides is 1. The average Bonchev–Trinajstić information content (AvgIpc) is 2.94. The van der Waals surface area contributed by atoms with Gasteiger partial charge in [0.15, 0.2) is 5.13 Å². The number of aromatic nitrogens is 1. The summed E-state index contributed by atoms with van der Waals surface area (Å²) < 4.78 is 6.22. The monoisotopic (exact) mass is 324 g/mol. The van der Waals surface area contributed by atoms with Crippen LogP contribution in [0.5, 0.6) is 5.75 Å². The van der Waals surface area contributed by atoms with E-state index < -0.39 is 0 Å². The second-order valence-electron chi connectivity index (χ2n) is 5.09. The van der Waals surface area contributed by atoms with Gasteiger partial charge in [0, 0.05) is 6.08 Å². The zero-order valence-electron chi connectivity index (χ0n) is 12.9. The molecule has 116 valence electrons. The van der Waals surface area contributed by atoms with Gasteiger partial charge in [-0.2, -0.15) is 0 Å². The van der Waals surface area contributed by atoms with Crippen LogP contribution in [0.1, 0.15) is 11.1 Å². The van der Waals surface area contributed by atoms with Crippen LogP contribution in [0.3, 0.4) is 0 Å². The van der Waals surface area contributed by atoms with Crippen LogP contribution in [0.25, 0.3) is 16.3 Å². The van der Waals surface area contributed by atoms with E-state index in [9.17, 15) is 4.79 Å². The van der Waals surface area contributed by atoms with Crippen molar-refractivity contribution < 1.29 is 9.53 Å². The van der Waals surface area contributed by atoms with E-state index in [2.05, 4.69) is 16.4 Å². The Labute approximate surface area is 138 Å². The molecule has 1 heterocycles. The van der Waals surface area contributed by atoms with Crippen LogP contribution in [-0.4, -0.2) is 18.0 Å².